The normalized spacial score (nSPS) is 10.0. The second kappa shape index (κ2) is 4.03. The molecule has 5 nitrogen and oxygen atoms in total. The third-order valence-corrected chi connectivity index (χ3v) is 2.25. The molecule has 2 rings (SSSR count). The Morgan fingerprint density at radius 1 is 1.44 bits per heavy atom. The van der Waals surface area contributed by atoms with Crippen molar-refractivity contribution in [3.05, 3.63) is 41.3 Å². The van der Waals surface area contributed by atoms with Gasteiger partial charge < -0.3 is 5.73 Å². The van der Waals surface area contributed by atoms with Crippen LogP contribution in [0.5, 0.6) is 0 Å². The SMILES string of the molecule is Cc1ccc(Cn2ccc(N)n2)nc1C#N. The van der Waals surface area contributed by atoms with Crippen LogP contribution < -0.4 is 5.73 Å². The van der Waals surface area contributed by atoms with Crippen LogP contribution in [-0.4, -0.2) is 14.8 Å². The summed E-state index contributed by atoms with van der Waals surface area (Å²) in [5, 5.41) is 12.9. The van der Waals surface area contributed by atoms with Crippen LogP contribution in [0.25, 0.3) is 0 Å². The Balaban J connectivity index is 2.26. The van der Waals surface area contributed by atoms with E-state index in [9.17, 15) is 0 Å². The molecule has 0 amide bonds. The van der Waals surface area contributed by atoms with Crippen LogP contribution in [0.15, 0.2) is 24.4 Å². The van der Waals surface area contributed by atoms with Gasteiger partial charge in [0.1, 0.15) is 17.6 Å². The Morgan fingerprint density at radius 3 is 2.88 bits per heavy atom. The van der Waals surface area contributed by atoms with Crippen molar-refractivity contribution in [2.75, 3.05) is 5.73 Å². The number of rotatable bonds is 2. The largest absolute Gasteiger partial charge is 0.382 e. The molecule has 0 aliphatic heterocycles. The molecule has 0 aromatic carbocycles. The van der Waals surface area contributed by atoms with Gasteiger partial charge in [0.25, 0.3) is 0 Å². The van der Waals surface area contributed by atoms with Crippen LogP contribution in [0.4, 0.5) is 5.82 Å². The predicted octanol–water partition coefficient (Wildman–Crippen LogP) is 1.09. The minimum Gasteiger partial charge on any atom is -0.382 e. The van der Waals surface area contributed by atoms with E-state index < -0.39 is 0 Å². The highest BCUT2D eigenvalue weighted by atomic mass is 15.3. The van der Waals surface area contributed by atoms with E-state index in [0.717, 1.165) is 11.3 Å². The van der Waals surface area contributed by atoms with Crippen LogP contribution in [0, 0.1) is 18.3 Å². The van der Waals surface area contributed by atoms with E-state index in [0.29, 0.717) is 18.1 Å². The quantitative estimate of drug-likeness (QED) is 0.809. The number of hydrogen-bond donors (Lipinski definition) is 1. The molecule has 0 atom stereocenters. The van der Waals surface area contributed by atoms with E-state index in [4.69, 9.17) is 11.0 Å². The van der Waals surface area contributed by atoms with Crippen LogP contribution in [0.3, 0.4) is 0 Å². The maximum Gasteiger partial charge on any atom is 0.145 e. The Labute approximate surface area is 93.1 Å². The number of anilines is 1. The molecule has 0 spiro atoms. The van der Waals surface area contributed by atoms with Crippen molar-refractivity contribution in [1.82, 2.24) is 14.8 Å². The minimum atomic E-state index is 0.456. The maximum absolute atomic E-state index is 8.86. The number of aromatic nitrogens is 3. The van der Waals surface area contributed by atoms with Crippen molar-refractivity contribution >= 4 is 5.82 Å². The van der Waals surface area contributed by atoms with E-state index in [1.165, 1.54) is 0 Å². The van der Waals surface area contributed by atoms with E-state index in [2.05, 4.69) is 16.2 Å². The van der Waals surface area contributed by atoms with Gasteiger partial charge in [-0.15, -0.1) is 0 Å². The summed E-state index contributed by atoms with van der Waals surface area (Å²) in [5.74, 6) is 0.479. The summed E-state index contributed by atoms with van der Waals surface area (Å²) in [6.07, 6.45) is 1.78. The Kier molecular flexibility index (Phi) is 2.56. The molecule has 0 aliphatic rings. The summed E-state index contributed by atoms with van der Waals surface area (Å²) < 4.78 is 1.69. The highest BCUT2D eigenvalue weighted by molar-refractivity contribution is 5.31. The molecule has 2 heterocycles. The zero-order chi connectivity index (χ0) is 11.5. The lowest BCUT2D eigenvalue weighted by Gasteiger charge is -2.03. The van der Waals surface area contributed by atoms with Gasteiger partial charge in [-0.05, 0) is 24.6 Å². The second-order valence-corrected chi connectivity index (χ2v) is 3.52. The van der Waals surface area contributed by atoms with Crippen LogP contribution >= 0.6 is 0 Å². The Hall–Kier alpha value is -2.35. The van der Waals surface area contributed by atoms with Crippen molar-refractivity contribution in [3.8, 4) is 6.07 Å². The number of nitrogen functional groups attached to an aromatic ring is 1. The van der Waals surface area contributed by atoms with Gasteiger partial charge in [0, 0.05) is 6.20 Å². The molecular formula is C11H11N5. The van der Waals surface area contributed by atoms with Gasteiger partial charge in [-0.1, -0.05) is 6.07 Å². The van der Waals surface area contributed by atoms with Gasteiger partial charge >= 0.3 is 0 Å². The van der Waals surface area contributed by atoms with Gasteiger partial charge in [0.05, 0.1) is 12.2 Å². The van der Waals surface area contributed by atoms with E-state index >= 15 is 0 Å². The summed E-state index contributed by atoms with van der Waals surface area (Å²) in [4.78, 5) is 4.23. The first-order chi connectivity index (χ1) is 7.69. The third kappa shape index (κ3) is 2.01. The number of pyridine rings is 1. The molecule has 2 aromatic rings. The average molecular weight is 213 g/mol. The first-order valence-electron chi connectivity index (χ1n) is 4.84. The lowest BCUT2D eigenvalue weighted by atomic mass is 10.2. The summed E-state index contributed by atoms with van der Waals surface area (Å²) in [6.45, 7) is 2.38. The van der Waals surface area contributed by atoms with E-state index in [1.807, 2.05) is 19.1 Å². The highest BCUT2D eigenvalue weighted by Gasteiger charge is 2.03. The lowest BCUT2D eigenvalue weighted by Crippen LogP contribution is -2.04. The molecule has 0 aliphatic carbocycles. The molecule has 2 aromatic heterocycles. The van der Waals surface area contributed by atoms with Gasteiger partial charge in [0.15, 0.2) is 0 Å². The average Bonchev–Trinajstić information content (AvgIpc) is 2.67. The number of nitriles is 1. The van der Waals surface area contributed by atoms with E-state index in [1.54, 1.807) is 16.9 Å². The van der Waals surface area contributed by atoms with Gasteiger partial charge in [-0.3, -0.25) is 4.68 Å². The molecule has 0 saturated heterocycles. The van der Waals surface area contributed by atoms with Crippen molar-refractivity contribution in [2.24, 2.45) is 0 Å². The summed E-state index contributed by atoms with van der Waals surface area (Å²) in [6, 6.07) is 7.55. The monoisotopic (exact) mass is 213 g/mol. The minimum absolute atomic E-state index is 0.456. The summed E-state index contributed by atoms with van der Waals surface area (Å²) in [7, 11) is 0. The Morgan fingerprint density at radius 2 is 2.25 bits per heavy atom. The third-order valence-electron chi connectivity index (χ3n) is 2.25. The summed E-state index contributed by atoms with van der Waals surface area (Å²) in [5.41, 5.74) is 7.64. The Bertz CT molecular complexity index is 550. The second-order valence-electron chi connectivity index (χ2n) is 3.52. The molecule has 0 bridgehead atoms. The predicted molar refractivity (Wildman–Crippen MR) is 59.4 cm³/mol. The van der Waals surface area contributed by atoms with Crippen molar-refractivity contribution in [1.29, 1.82) is 5.26 Å². The fourth-order valence-corrected chi connectivity index (χ4v) is 1.40. The van der Waals surface area contributed by atoms with Gasteiger partial charge in [-0.2, -0.15) is 10.4 Å². The zero-order valence-corrected chi connectivity index (χ0v) is 8.88. The number of nitrogens with zero attached hydrogens (tertiary/aromatic N) is 4. The molecule has 5 heteroatoms. The fourth-order valence-electron chi connectivity index (χ4n) is 1.40. The lowest BCUT2D eigenvalue weighted by molar-refractivity contribution is 0.675. The van der Waals surface area contributed by atoms with Crippen molar-refractivity contribution < 1.29 is 0 Å². The fraction of sp³-hybridized carbons (Fsp3) is 0.182. The molecule has 0 unspecified atom stereocenters. The molecular weight excluding hydrogens is 202 g/mol. The highest BCUT2D eigenvalue weighted by Crippen LogP contribution is 2.07. The smallest absolute Gasteiger partial charge is 0.145 e. The molecule has 0 radical (unpaired) electrons. The van der Waals surface area contributed by atoms with Crippen molar-refractivity contribution in [2.45, 2.75) is 13.5 Å². The van der Waals surface area contributed by atoms with E-state index in [-0.39, 0.29) is 0 Å². The van der Waals surface area contributed by atoms with Gasteiger partial charge in [-0.25, -0.2) is 4.98 Å². The summed E-state index contributed by atoms with van der Waals surface area (Å²) >= 11 is 0. The van der Waals surface area contributed by atoms with Gasteiger partial charge in [0.2, 0.25) is 0 Å². The first kappa shape index (κ1) is 10.2. The number of aryl methyl sites for hydroxylation is 1. The van der Waals surface area contributed by atoms with Crippen LogP contribution in [0.2, 0.25) is 0 Å². The van der Waals surface area contributed by atoms with Crippen LogP contribution in [-0.2, 0) is 6.54 Å². The molecule has 80 valence electrons. The number of hydrogen-bond acceptors (Lipinski definition) is 4. The molecule has 2 N–H and O–H groups in total. The molecule has 0 fully saturated rings. The molecule has 0 saturated carbocycles. The zero-order valence-electron chi connectivity index (χ0n) is 8.88. The number of nitrogens with two attached hydrogens (primary N) is 1. The van der Waals surface area contributed by atoms with Crippen molar-refractivity contribution in [3.63, 3.8) is 0 Å². The topological polar surface area (TPSA) is 80.5 Å². The van der Waals surface area contributed by atoms with Crippen LogP contribution in [0.1, 0.15) is 17.0 Å². The standard InChI is InChI=1S/C11H11N5/c1-8-2-3-9(14-10(8)6-12)7-16-5-4-11(13)15-16/h2-5H,7H2,1H3,(H2,13,15). The molecule has 16 heavy (non-hydrogen) atoms. The maximum atomic E-state index is 8.86. The first-order valence-corrected chi connectivity index (χ1v) is 4.84.